The fourth-order valence-corrected chi connectivity index (χ4v) is 6.24. The summed E-state index contributed by atoms with van der Waals surface area (Å²) in [7, 11) is 2.06. The average molecular weight is 683 g/mol. The Kier molecular flexibility index (Phi) is 9.20. The zero-order valence-electron chi connectivity index (χ0n) is 27.7. The lowest BCUT2D eigenvalue weighted by molar-refractivity contribution is -0.274. The van der Waals surface area contributed by atoms with Gasteiger partial charge in [0.1, 0.15) is 18.1 Å². The number of hydrogen-bond donors (Lipinski definition) is 2. The van der Waals surface area contributed by atoms with Gasteiger partial charge in [-0.25, -0.2) is 9.97 Å². The second-order valence-corrected chi connectivity index (χ2v) is 12.8. The molecule has 0 spiro atoms. The van der Waals surface area contributed by atoms with Gasteiger partial charge in [-0.15, -0.1) is 13.2 Å². The number of nitrogens with one attached hydrogen (secondary N) is 2. The summed E-state index contributed by atoms with van der Waals surface area (Å²) in [4.78, 5) is 24.5. The van der Waals surface area contributed by atoms with Crippen molar-refractivity contribution < 1.29 is 27.4 Å². The van der Waals surface area contributed by atoms with Crippen LogP contribution >= 0.6 is 0 Å². The monoisotopic (exact) mass is 682 g/mol. The van der Waals surface area contributed by atoms with Crippen molar-refractivity contribution in [2.75, 3.05) is 24.2 Å². The second kappa shape index (κ2) is 13.9. The van der Waals surface area contributed by atoms with Crippen molar-refractivity contribution in [3.63, 3.8) is 0 Å². The van der Waals surface area contributed by atoms with Crippen molar-refractivity contribution in [1.29, 1.82) is 0 Å². The smallest absolute Gasteiger partial charge is 0.485 e. The third kappa shape index (κ3) is 7.76. The maximum Gasteiger partial charge on any atom is 0.573 e. The number of para-hydroxylation sites is 1. The van der Waals surface area contributed by atoms with Gasteiger partial charge in [-0.2, -0.15) is 0 Å². The van der Waals surface area contributed by atoms with Gasteiger partial charge in [-0.05, 0) is 87.7 Å². The topological polar surface area (TPSA) is 93.5 Å². The molecule has 12 heteroatoms. The van der Waals surface area contributed by atoms with Gasteiger partial charge in [-0.3, -0.25) is 9.69 Å². The number of aromatic nitrogens is 3. The Morgan fingerprint density at radius 2 is 1.86 bits per heavy atom. The molecule has 0 radical (unpaired) electrons. The summed E-state index contributed by atoms with van der Waals surface area (Å²) in [6, 6.07) is 20.0. The lowest BCUT2D eigenvalue weighted by Crippen LogP contribution is -2.23. The predicted octanol–water partition coefficient (Wildman–Crippen LogP) is 8.55. The van der Waals surface area contributed by atoms with E-state index in [1.165, 1.54) is 24.3 Å². The number of nitrogens with zero attached hydrogens (tertiary/aromatic N) is 4. The van der Waals surface area contributed by atoms with Gasteiger partial charge in [0.15, 0.2) is 5.75 Å². The number of carbonyl (C=O) groups excluding carboxylic acids is 1. The number of benzene rings is 3. The Labute approximate surface area is 287 Å². The van der Waals surface area contributed by atoms with Gasteiger partial charge >= 0.3 is 6.36 Å². The molecule has 1 aliphatic heterocycles. The molecule has 1 aliphatic carbocycles. The molecule has 3 heterocycles. The van der Waals surface area contributed by atoms with Gasteiger partial charge in [0.25, 0.3) is 0 Å². The summed E-state index contributed by atoms with van der Waals surface area (Å²) in [6.07, 6.45) is 6.85. The zero-order valence-corrected chi connectivity index (χ0v) is 27.7. The first-order valence-electron chi connectivity index (χ1n) is 16.6. The molecule has 3 aromatic carbocycles. The molecule has 258 valence electrons. The highest BCUT2D eigenvalue weighted by Crippen LogP contribution is 2.43. The van der Waals surface area contributed by atoms with Crippen LogP contribution in [-0.2, 0) is 11.4 Å². The van der Waals surface area contributed by atoms with E-state index in [4.69, 9.17) is 9.72 Å². The van der Waals surface area contributed by atoms with Crippen LogP contribution in [0.25, 0.3) is 22.2 Å². The van der Waals surface area contributed by atoms with Crippen LogP contribution in [0.4, 0.5) is 30.5 Å². The highest BCUT2D eigenvalue weighted by Gasteiger charge is 2.31. The first-order chi connectivity index (χ1) is 24.1. The molecule has 1 amide bonds. The van der Waals surface area contributed by atoms with Crippen molar-refractivity contribution in [2.24, 2.45) is 0 Å². The minimum Gasteiger partial charge on any atom is -0.485 e. The van der Waals surface area contributed by atoms with Crippen molar-refractivity contribution in [1.82, 2.24) is 19.4 Å². The second-order valence-electron chi connectivity index (χ2n) is 12.8. The number of halogens is 3. The van der Waals surface area contributed by atoms with Crippen LogP contribution in [0.2, 0.25) is 0 Å². The van der Waals surface area contributed by atoms with Gasteiger partial charge in [0, 0.05) is 52.2 Å². The number of aryl methyl sites for hydroxylation is 1. The number of ether oxygens (including phenoxy) is 2. The normalized spacial score (nSPS) is 16.6. The summed E-state index contributed by atoms with van der Waals surface area (Å²) >= 11 is 0. The van der Waals surface area contributed by atoms with Crippen LogP contribution in [-0.4, -0.2) is 51.3 Å². The first kappa shape index (κ1) is 33.2. The number of hydrogen-bond acceptors (Lipinski definition) is 7. The van der Waals surface area contributed by atoms with E-state index < -0.39 is 6.36 Å². The van der Waals surface area contributed by atoms with E-state index in [0.717, 1.165) is 54.3 Å². The van der Waals surface area contributed by atoms with Crippen molar-refractivity contribution in [3.8, 4) is 22.8 Å². The Hall–Kier alpha value is -5.36. The van der Waals surface area contributed by atoms with Crippen LogP contribution in [0.3, 0.4) is 0 Å². The molecule has 1 unspecified atom stereocenters. The SMILES string of the molecule is Cc1ccc(Nc2ncc(OCc3ccc(OC(F)(F)F)cc3)c(-c3cn(C4CC4)c4ccccc34)n2)cc1NC(=O)/C=C/C1CCCN1C. The number of likely N-dealkylation sites (tertiary alicyclic amines) is 1. The van der Waals surface area contributed by atoms with Crippen molar-refractivity contribution in [3.05, 3.63) is 102 Å². The molecular weight excluding hydrogens is 645 g/mol. The summed E-state index contributed by atoms with van der Waals surface area (Å²) in [5, 5.41) is 7.30. The largest absolute Gasteiger partial charge is 0.573 e. The summed E-state index contributed by atoms with van der Waals surface area (Å²) in [6.45, 7) is 3.03. The van der Waals surface area contributed by atoms with E-state index in [9.17, 15) is 18.0 Å². The molecular formula is C38H37F3N6O3. The van der Waals surface area contributed by atoms with Gasteiger partial charge in [-0.1, -0.05) is 42.5 Å². The van der Waals surface area contributed by atoms with E-state index in [0.29, 0.717) is 40.4 Å². The predicted molar refractivity (Wildman–Crippen MR) is 187 cm³/mol. The minimum atomic E-state index is -4.77. The zero-order chi connectivity index (χ0) is 34.8. The highest BCUT2D eigenvalue weighted by molar-refractivity contribution is 6.00. The average Bonchev–Trinajstić information content (AvgIpc) is 3.74. The van der Waals surface area contributed by atoms with E-state index >= 15 is 0 Å². The molecule has 1 saturated heterocycles. The Balaban J connectivity index is 1.15. The number of anilines is 3. The molecule has 0 bridgehead atoms. The standard InChI is InChI=1S/C38H37F3N6O3/c1-24-9-12-26(20-32(24)44-35(48)18-15-27-6-5-19-46(27)2)43-37-42-21-34(49-23-25-10-16-29(17-11-25)50-38(39,40)41)36(45-37)31-22-47(28-13-14-28)33-8-4-3-7-30(31)33/h3-4,7-12,15-18,20-22,27-28H,5-6,13-14,19,23H2,1-2H3,(H,44,48)(H,42,43,45)/b18-15+. The Morgan fingerprint density at radius 3 is 2.60 bits per heavy atom. The van der Waals surface area contributed by atoms with Crippen LogP contribution in [0.15, 0.2) is 91.3 Å². The summed E-state index contributed by atoms with van der Waals surface area (Å²) in [5.41, 5.74) is 5.45. The maximum absolute atomic E-state index is 12.8. The van der Waals surface area contributed by atoms with Crippen LogP contribution in [0.5, 0.6) is 11.5 Å². The molecule has 7 rings (SSSR count). The molecule has 1 atom stereocenters. The third-order valence-corrected chi connectivity index (χ3v) is 9.04. The Morgan fingerprint density at radius 1 is 1.06 bits per heavy atom. The number of rotatable bonds is 11. The van der Waals surface area contributed by atoms with Crippen molar-refractivity contribution in [2.45, 2.75) is 57.7 Å². The van der Waals surface area contributed by atoms with E-state index in [-0.39, 0.29) is 24.3 Å². The van der Waals surface area contributed by atoms with Gasteiger partial charge in [0.2, 0.25) is 11.9 Å². The fraction of sp³-hybridized carbons (Fsp3) is 0.289. The molecule has 9 nitrogen and oxygen atoms in total. The minimum absolute atomic E-state index is 0.0726. The number of likely N-dealkylation sites (N-methyl/N-ethyl adjacent to an activating group) is 1. The molecule has 2 aliphatic rings. The number of fused-ring (bicyclic) bond motifs is 1. The molecule has 1 saturated carbocycles. The number of amides is 1. The molecule has 50 heavy (non-hydrogen) atoms. The van der Waals surface area contributed by atoms with Crippen LogP contribution < -0.4 is 20.1 Å². The van der Waals surface area contributed by atoms with E-state index in [2.05, 4.69) is 55.2 Å². The van der Waals surface area contributed by atoms with Gasteiger partial charge < -0.3 is 24.7 Å². The molecule has 2 fully saturated rings. The summed E-state index contributed by atoms with van der Waals surface area (Å²) < 4.78 is 50.4. The van der Waals surface area contributed by atoms with Gasteiger partial charge in [0.05, 0.1) is 6.20 Å². The third-order valence-electron chi connectivity index (χ3n) is 9.04. The molecule has 2 aromatic heterocycles. The molecule has 5 aromatic rings. The Bertz CT molecular complexity index is 2040. The van der Waals surface area contributed by atoms with Crippen molar-refractivity contribution >= 4 is 34.1 Å². The lowest BCUT2D eigenvalue weighted by Gasteiger charge is -2.15. The number of alkyl halides is 3. The van der Waals surface area contributed by atoms with Crippen LogP contribution in [0, 0.1) is 6.92 Å². The number of carbonyl (C=O) groups is 1. The molecule has 2 N–H and O–H groups in total. The quantitative estimate of drug-likeness (QED) is 0.135. The summed E-state index contributed by atoms with van der Waals surface area (Å²) in [5.74, 6) is 0.247. The van der Waals surface area contributed by atoms with E-state index in [1.807, 2.05) is 43.3 Å². The van der Waals surface area contributed by atoms with Crippen LogP contribution in [0.1, 0.15) is 42.9 Å². The maximum atomic E-state index is 12.8. The lowest BCUT2D eigenvalue weighted by atomic mass is 10.1. The highest BCUT2D eigenvalue weighted by atomic mass is 19.4. The fourth-order valence-electron chi connectivity index (χ4n) is 6.24. The first-order valence-corrected chi connectivity index (χ1v) is 16.6. The van der Waals surface area contributed by atoms with E-state index in [1.54, 1.807) is 12.3 Å².